The smallest absolute Gasteiger partial charge is 0.405 e. The molecule has 2 atom stereocenters. The van der Waals surface area contributed by atoms with Gasteiger partial charge in [-0.1, -0.05) is 12.1 Å². The highest BCUT2D eigenvalue weighted by Crippen LogP contribution is 2.33. The third-order valence-electron chi connectivity index (χ3n) is 4.66. The summed E-state index contributed by atoms with van der Waals surface area (Å²) in [6.45, 7) is 4.17. The van der Waals surface area contributed by atoms with Crippen LogP contribution in [0.1, 0.15) is 32.3 Å². The number of carbonyl (C=O) groups excluding carboxylic acids is 1. The van der Waals surface area contributed by atoms with Crippen molar-refractivity contribution in [1.29, 1.82) is 5.26 Å². The van der Waals surface area contributed by atoms with Crippen molar-refractivity contribution in [3.05, 3.63) is 29.8 Å². The van der Waals surface area contributed by atoms with E-state index in [0.717, 1.165) is 17.7 Å². The van der Waals surface area contributed by atoms with Crippen LogP contribution in [0.15, 0.2) is 24.3 Å². The molecule has 146 valence electrons. The number of rotatable bonds is 7. The van der Waals surface area contributed by atoms with Gasteiger partial charge in [0.1, 0.15) is 17.8 Å². The molecule has 7 nitrogen and oxygen atoms in total. The van der Waals surface area contributed by atoms with E-state index in [1.165, 1.54) is 16.7 Å². The quantitative estimate of drug-likeness (QED) is 0.741. The first-order valence-electron chi connectivity index (χ1n) is 8.75. The van der Waals surface area contributed by atoms with Crippen molar-refractivity contribution in [3.8, 4) is 11.8 Å². The highest BCUT2D eigenvalue weighted by Gasteiger charge is 2.42. The van der Waals surface area contributed by atoms with Crippen LogP contribution in [-0.2, 0) is 10.5 Å². The molecule has 1 heterocycles. The van der Waals surface area contributed by atoms with E-state index < -0.39 is 22.9 Å². The molecule has 1 saturated heterocycles. The van der Waals surface area contributed by atoms with Crippen molar-refractivity contribution < 1.29 is 19.4 Å². The summed E-state index contributed by atoms with van der Waals surface area (Å²) in [4.78, 5) is 25.8. The first-order chi connectivity index (χ1) is 12.8. The van der Waals surface area contributed by atoms with E-state index in [-0.39, 0.29) is 5.91 Å². The van der Waals surface area contributed by atoms with E-state index >= 15 is 0 Å². The number of nitrogens with one attached hydrogen (secondary N) is 1. The largest absolute Gasteiger partial charge is 0.497 e. The summed E-state index contributed by atoms with van der Waals surface area (Å²) < 4.78 is 4.45. The maximum atomic E-state index is 13.0. The number of methoxy groups -OCH3 is 1. The molecule has 0 saturated carbocycles. The van der Waals surface area contributed by atoms with E-state index in [9.17, 15) is 20.0 Å². The topological polar surface area (TPSA) is 103 Å². The van der Waals surface area contributed by atoms with Gasteiger partial charge in [0, 0.05) is 17.0 Å². The first kappa shape index (κ1) is 20.9. The summed E-state index contributed by atoms with van der Waals surface area (Å²) in [6.07, 6.45) is 0.129. The second-order valence-electron chi connectivity index (χ2n) is 6.94. The van der Waals surface area contributed by atoms with Crippen molar-refractivity contribution in [2.24, 2.45) is 0 Å². The van der Waals surface area contributed by atoms with Gasteiger partial charge in [0.2, 0.25) is 5.91 Å². The van der Waals surface area contributed by atoms with Crippen LogP contribution in [-0.4, -0.2) is 52.5 Å². The number of nitrogens with zero attached hydrogens (tertiary/aromatic N) is 2. The normalized spacial score (nSPS) is 17.9. The van der Waals surface area contributed by atoms with E-state index in [0.29, 0.717) is 18.7 Å². The van der Waals surface area contributed by atoms with Gasteiger partial charge in [-0.3, -0.25) is 4.79 Å². The van der Waals surface area contributed by atoms with Crippen LogP contribution in [0.25, 0.3) is 0 Å². The van der Waals surface area contributed by atoms with Gasteiger partial charge in [-0.05, 0) is 44.4 Å². The number of ether oxygens (including phenoxy) is 1. The Kier molecular flexibility index (Phi) is 6.97. The zero-order valence-electron chi connectivity index (χ0n) is 15.8. The van der Waals surface area contributed by atoms with Gasteiger partial charge in [0.15, 0.2) is 0 Å². The monoisotopic (exact) mass is 391 g/mol. The van der Waals surface area contributed by atoms with Crippen molar-refractivity contribution in [2.75, 3.05) is 13.7 Å². The molecule has 0 spiro atoms. The number of hydrogen-bond donors (Lipinski definition) is 2. The molecule has 1 aromatic rings. The van der Waals surface area contributed by atoms with E-state index in [4.69, 9.17) is 4.74 Å². The minimum absolute atomic E-state index is 0.339. The third-order valence-corrected chi connectivity index (χ3v) is 6.12. The molecule has 1 aliphatic rings. The fourth-order valence-electron chi connectivity index (χ4n) is 3.06. The zero-order valence-corrected chi connectivity index (χ0v) is 16.6. The van der Waals surface area contributed by atoms with Crippen LogP contribution in [0.4, 0.5) is 4.79 Å². The van der Waals surface area contributed by atoms with Crippen molar-refractivity contribution in [2.45, 2.75) is 49.3 Å². The Morgan fingerprint density at radius 2 is 2.11 bits per heavy atom. The van der Waals surface area contributed by atoms with Crippen molar-refractivity contribution >= 4 is 23.8 Å². The summed E-state index contributed by atoms with van der Waals surface area (Å²) in [5.41, 5.74) is 1.05. The molecule has 1 fully saturated rings. The Labute approximate surface area is 163 Å². The Balaban J connectivity index is 2.13. The Morgan fingerprint density at radius 3 is 2.67 bits per heavy atom. The summed E-state index contributed by atoms with van der Waals surface area (Å²) in [7, 11) is 1.60. The van der Waals surface area contributed by atoms with Crippen LogP contribution in [0, 0.1) is 11.3 Å². The van der Waals surface area contributed by atoms with Gasteiger partial charge in [0.25, 0.3) is 0 Å². The molecule has 1 aromatic carbocycles. The van der Waals surface area contributed by atoms with E-state index in [1.807, 2.05) is 38.1 Å². The number of nitriles is 1. The molecule has 27 heavy (non-hydrogen) atoms. The lowest BCUT2D eigenvalue weighted by molar-refractivity contribution is -0.133. The third kappa shape index (κ3) is 5.30. The van der Waals surface area contributed by atoms with Gasteiger partial charge in [-0.2, -0.15) is 5.26 Å². The first-order valence-corrected chi connectivity index (χ1v) is 9.73. The average molecular weight is 391 g/mol. The fraction of sp³-hybridized carbons (Fsp3) is 0.526. The van der Waals surface area contributed by atoms with Gasteiger partial charge >= 0.3 is 6.09 Å². The Morgan fingerprint density at radius 1 is 1.44 bits per heavy atom. The molecule has 1 aliphatic heterocycles. The number of benzene rings is 1. The van der Waals surface area contributed by atoms with Gasteiger partial charge in [-0.15, -0.1) is 11.8 Å². The highest BCUT2D eigenvalue weighted by atomic mass is 32.2. The summed E-state index contributed by atoms with van der Waals surface area (Å²) >= 11 is 1.49. The maximum Gasteiger partial charge on any atom is 0.405 e. The van der Waals surface area contributed by atoms with Crippen LogP contribution in [0.2, 0.25) is 0 Å². The minimum Gasteiger partial charge on any atom is -0.497 e. The second kappa shape index (κ2) is 9.00. The molecule has 0 radical (unpaired) electrons. The number of carboxylic acid groups (broad SMARTS) is 1. The Bertz CT molecular complexity index is 715. The molecular formula is C19H25N3O4S. The molecule has 2 amide bonds. The van der Waals surface area contributed by atoms with Crippen molar-refractivity contribution in [1.82, 2.24) is 10.2 Å². The lowest BCUT2D eigenvalue weighted by Crippen LogP contribution is -2.57. The number of carbonyl (C=O) groups is 2. The highest BCUT2D eigenvalue weighted by molar-refractivity contribution is 7.99. The van der Waals surface area contributed by atoms with Crippen molar-refractivity contribution in [3.63, 3.8) is 0 Å². The van der Waals surface area contributed by atoms with Crippen LogP contribution in [0.3, 0.4) is 0 Å². The molecular weight excluding hydrogens is 366 g/mol. The molecule has 0 bridgehead atoms. The predicted octanol–water partition coefficient (Wildman–Crippen LogP) is 2.86. The van der Waals surface area contributed by atoms with Crippen LogP contribution < -0.4 is 10.1 Å². The number of likely N-dealkylation sites (tertiary alicyclic amines) is 1. The van der Waals surface area contributed by atoms with Gasteiger partial charge < -0.3 is 20.1 Å². The number of hydrogen-bond acceptors (Lipinski definition) is 5. The molecule has 0 aromatic heterocycles. The average Bonchev–Trinajstić information content (AvgIpc) is 3.13. The van der Waals surface area contributed by atoms with Gasteiger partial charge in [-0.25, -0.2) is 4.79 Å². The summed E-state index contributed by atoms with van der Waals surface area (Å²) in [5.74, 6) is 1.04. The number of thioether (sulfide) groups is 1. The molecule has 2 N–H and O–H groups in total. The SMILES string of the molecule is COc1ccc(CSC(C)(C)[C@H](NC(=O)O)C(=O)N2CCC[C@H]2C#N)cc1. The van der Waals surface area contributed by atoms with Crippen LogP contribution >= 0.6 is 11.8 Å². The molecule has 2 rings (SSSR count). The van der Waals surface area contributed by atoms with E-state index in [1.54, 1.807) is 7.11 Å². The summed E-state index contributed by atoms with van der Waals surface area (Å²) in [5, 5.41) is 20.9. The molecule has 0 unspecified atom stereocenters. The standard InChI is InChI=1S/C19H25N3O4S/c1-19(2,27-12-13-6-8-15(26-3)9-7-13)16(21-18(24)25)17(23)22-10-4-5-14(22)11-20/h6-9,14,16,21H,4-5,10,12H2,1-3H3,(H,24,25)/t14-,16+/m0/s1. The van der Waals surface area contributed by atoms with Crippen LogP contribution in [0.5, 0.6) is 5.75 Å². The maximum absolute atomic E-state index is 13.0. The lowest BCUT2D eigenvalue weighted by Gasteiger charge is -2.36. The molecule has 8 heteroatoms. The predicted molar refractivity (Wildman–Crippen MR) is 104 cm³/mol. The second-order valence-corrected chi connectivity index (χ2v) is 8.57. The minimum atomic E-state index is -1.25. The van der Waals surface area contributed by atoms with Gasteiger partial charge in [0.05, 0.1) is 13.2 Å². The molecule has 0 aliphatic carbocycles. The Hall–Kier alpha value is -2.40. The fourth-order valence-corrected chi connectivity index (χ4v) is 4.12. The zero-order chi connectivity index (χ0) is 20.0. The summed E-state index contributed by atoms with van der Waals surface area (Å²) in [6, 6.07) is 8.32. The van der Waals surface area contributed by atoms with E-state index in [2.05, 4.69) is 11.4 Å². The lowest BCUT2D eigenvalue weighted by atomic mass is 10.0. The number of amides is 2.